The van der Waals surface area contributed by atoms with E-state index in [1.54, 1.807) is 19.2 Å². The van der Waals surface area contributed by atoms with Crippen LogP contribution in [0, 0.1) is 0 Å². The second kappa shape index (κ2) is 12.2. The van der Waals surface area contributed by atoms with Gasteiger partial charge in [-0.3, -0.25) is 4.79 Å². The number of nitrogens with two attached hydrogens (primary N) is 2. The Morgan fingerprint density at radius 1 is 1.18 bits per heavy atom. The molecule has 206 valence electrons. The zero-order chi connectivity index (χ0) is 27.3. The number of hydrogen-bond acceptors (Lipinski definition) is 7. The molecule has 38 heavy (non-hydrogen) atoms. The van der Waals surface area contributed by atoms with Gasteiger partial charge in [-0.2, -0.15) is 0 Å². The number of aromatic nitrogens is 2. The lowest BCUT2D eigenvalue weighted by atomic mass is 9.96. The predicted molar refractivity (Wildman–Crippen MR) is 145 cm³/mol. The van der Waals surface area contributed by atoms with E-state index in [1.807, 2.05) is 23.1 Å². The van der Waals surface area contributed by atoms with Crippen molar-refractivity contribution in [3.05, 3.63) is 53.9 Å². The molecule has 11 heteroatoms. The second-order valence-electron chi connectivity index (χ2n) is 9.80. The maximum atomic E-state index is 13.3. The number of carbonyl (C=O) groups is 1. The van der Waals surface area contributed by atoms with Gasteiger partial charge < -0.3 is 24.7 Å². The lowest BCUT2D eigenvalue weighted by molar-refractivity contribution is -0.132. The van der Waals surface area contributed by atoms with Gasteiger partial charge in [0.05, 0.1) is 18.1 Å². The van der Waals surface area contributed by atoms with Crippen molar-refractivity contribution in [2.45, 2.75) is 55.5 Å². The van der Waals surface area contributed by atoms with Crippen molar-refractivity contribution < 1.29 is 22.7 Å². The fourth-order valence-corrected chi connectivity index (χ4v) is 6.05. The average Bonchev–Trinajstić information content (AvgIpc) is 3.27. The van der Waals surface area contributed by atoms with Gasteiger partial charge in [0.15, 0.2) is 0 Å². The summed E-state index contributed by atoms with van der Waals surface area (Å²) >= 11 is 0. The van der Waals surface area contributed by atoms with Crippen molar-refractivity contribution in [1.82, 2.24) is 14.5 Å². The van der Waals surface area contributed by atoms with E-state index in [0.717, 1.165) is 42.7 Å². The van der Waals surface area contributed by atoms with Gasteiger partial charge in [0.25, 0.3) is 0 Å². The van der Waals surface area contributed by atoms with Gasteiger partial charge in [0, 0.05) is 51.7 Å². The number of hydrogen-bond donors (Lipinski definition) is 2. The molecule has 1 fully saturated rings. The molecular formula is C27H37N5O5S. The first kappa shape index (κ1) is 28.0. The number of nitrogens with zero attached hydrogens (tertiary/aromatic N) is 3. The zero-order valence-electron chi connectivity index (χ0n) is 22.0. The highest BCUT2D eigenvalue weighted by Crippen LogP contribution is 2.31. The van der Waals surface area contributed by atoms with Crippen molar-refractivity contribution >= 4 is 27.0 Å². The summed E-state index contributed by atoms with van der Waals surface area (Å²) in [6, 6.07) is 12.3. The minimum atomic E-state index is -3.95. The number of fused-ring (bicyclic) bond motifs is 1. The summed E-state index contributed by atoms with van der Waals surface area (Å²) in [5.74, 6) is 1.29. The van der Waals surface area contributed by atoms with Gasteiger partial charge >= 0.3 is 0 Å². The van der Waals surface area contributed by atoms with Crippen molar-refractivity contribution in [2.24, 2.45) is 10.9 Å². The van der Waals surface area contributed by atoms with Crippen molar-refractivity contribution in [3.8, 4) is 5.75 Å². The van der Waals surface area contributed by atoms with E-state index in [0.29, 0.717) is 25.3 Å². The molecule has 0 saturated carbocycles. The summed E-state index contributed by atoms with van der Waals surface area (Å²) < 4.78 is 36.7. The van der Waals surface area contributed by atoms with Crippen LogP contribution in [0.4, 0.5) is 0 Å². The molecule has 0 aliphatic carbocycles. The molecule has 1 aromatic heterocycles. The highest BCUT2D eigenvalue weighted by atomic mass is 32.2. The summed E-state index contributed by atoms with van der Waals surface area (Å²) in [7, 11) is -0.860. The van der Waals surface area contributed by atoms with Crippen LogP contribution in [0.5, 0.6) is 5.75 Å². The first-order chi connectivity index (χ1) is 18.2. The van der Waals surface area contributed by atoms with E-state index in [2.05, 4.69) is 10.6 Å². The lowest BCUT2D eigenvalue weighted by Crippen LogP contribution is -2.42. The smallest absolute Gasteiger partial charge is 0.241 e. The Kier molecular flexibility index (Phi) is 9.03. The number of imidazole rings is 1. The van der Waals surface area contributed by atoms with Crippen LogP contribution in [-0.4, -0.2) is 68.7 Å². The number of piperidine rings is 1. The molecule has 1 aliphatic heterocycles. The molecule has 2 heterocycles. The molecule has 1 amide bonds. The standard InChI is InChI=1S/C27H37N5O5S/c1-36-15-7-14-32-23-11-4-3-10-22(23)30-27(32)20-9-6-13-31(18-20)25(33)17-21(28)16-19-8-5-12-24(26(19)37-2)38(29,34)35/h3-5,8,10-12,20-21H,6-7,9,13-18,28H2,1-2H3,(H2,29,34,35)/t20-,21+/m1/s1. The van der Waals surface area contributed by atoms with Crippen LogP contribution in [0.15, 0.2) is 47.4 Å². The molecule has 0 unspecified atom stereocenters. The molecule has 0 radical (unpaired) electrons. The average molecular weight is 544 g/mol. The third kappa shape index (κ3) is 6.35. The Bertz CT molecular complexity index is 1370. The molecule has 10 nitrogen and oxygen atoms in total. The van der Waals surface area contributed by atoms with Crippen LogP contribution in [0.25, 0.3) is 11.0 Å². The molecule has 2 aromatic carbocycles. The van der Waals surface area contributed by atoms with E-state index in [1.165, 1.54) is 13.2 Å². The molecule has 0 spiro atoms. The van der Waals surface area contributed by atoms with E-state index in [-0.39, 0.29) is 35.3 Å². The van der Waals surface area contributed by atoms with Gasteiger partial charge in [-0.1, -0.05) is 24.3 Å². The summed E-state index contributed by atoms with van der Waals surface area (Å²) in [6.45, 7) is 2.74. The Balaban J connectivity index is 1.46. The zero-order valence-corrected chi connectivity index (χ0v) is 22.8. The highest BCUT2D eigenvalue weighted by Gasteiger charge is 2.29. The normalized spacial score (nSPS) is 17.1. The van der Waals surface area contributed by atoms with E-state index in [4.69, 9.17) is 25.3 Å². The van der Waals surface area contributed by atoms with Crippen LogP contribution in [0.1, 0.15) is 43.0 Å². The highest BCUT2D eigenvalue weighted by molar-refractivity contribution is 7.89. The summed E-state index contributed by atoms with van der Waals surface area (Å²) in [5.41, 5.74) is 9.03. The van der Waals surface area contributed by atoms with Gasteiger partial charge in [0.2, 0.25) is 15.9 Å². The van der Waals surface area contributed by atoms with Gasteiger partial charge in [0.1, 0.15) is 16.5 Å². The summed E-state index contributed by atoms with van der Waals surface area (Å²) in [6.07, 6.45) is 3.15. The minimum absolute atomic E-state index is 0.0224. The summed E-state index contributed by atoms with van der Waals surface area (Å²) in [5, 5.41) is 5.33. The number of ether oxygens (including phenoxy) is 2. The third-order valence-electron chi connectivity index (χ3n) is 7.04. The monoisotopic (exact) mass is 543 g/mol. The van der Waals surface area contributed by atoms with Crippen LogP contribution < -0.4 is 15.6 Å². The fourth-order valence-electron chi connectivity index (χ4n) is 5.31. The van der Waals surface area contributed by atoms with Gasteiger partial charge in [-0.15, -0.1) is 0 Å². The first-order valence-electron chi connectivity index (χ1n) is 12.9. The Labute approximate surface area is 224 Å². The molecule has 2 atom stereocenters. The largest absolute Gasteiger partial charge is 0.495 e. The number of sulfonamides is 1. The number of amides is 1. The summed E-state index contributed by atoms with van der Waals surface area (Å²) in [4.78, 5) is 20.0. The Morgan fingerprint density at radius 3 is 2.71 bits per heavy atom. The molecule has 4 N–H and O–H groups in total. The Morgan fingerprint density at radius 2 is 1.97 bits per heavy atom. The molecule has 4 rings (SSSR count). The number of methoxy groups -OCH3 is 2. The number of benzene rings is 2. The predicted octanol–water partition coefficient (Wildman–Crippen LogP) is 2.39. The molecule has 0 bridgehead atoms. The van der Waals surface area contributed by atoms with Crippen molar-refractivity contribution in [2.75, 3.05) is 33.9 Å². The lowest BCUT2D eigenvalue weighted by Gasteiger charge is -2.33. The van der Waals surface area contributed by atoms with Crippen molar-refractivity contribution in [1.29, 1.82) is 0 Å². The topological polar surface area (TPSA) is 143 Å². The first-order valence-corrected chi connectivity index (χ1v) is 14.4. The Hall–Kier alpha value is -2.99. The SMILES string of the molecule is COCCCn1c([C@@H]2CCCN(C(=O)C[C@@H](N)Cc3cccc(S(N)(=O)=O)c3OC)C2)nc2ccccc21. The van der Waals surface area contributed by atoms with Crippen molar-refractivity contribution in [3.63, 3.8) is 0 Å². The third-order valence-corrected chi connectivity index (χ3v) is 7.98. The number of rotatable bonds is 11. The number of likely N-dealkylation sites (tertiary alicyclic amines) is 1. The van der Waals surface area contributed by atoms with Gasteiger partial charge in [-0.05, 0) is 49.4 Å². The quantitative estimate of drug-likeness (QED) is 0.354. The number of carbonyl (C=O) groups excluding carboxylic acids is 1. The maximum absolute atomic E-state index is 13.3. The maximum Gasteiger partial charge on any atom is 0.241 e. The second-order valence-corrected chi connectivity index (χ2v) is 11.3. The molecular weight excluding hydrogens is 506 g/mol. The van der Waals surface area contributed by atoms with Crippen LogP contribution in [-0.2, 0) is 32.5 Å². The minimum Gasteiger partial charge on any atom is -0.495 e. The van der Waals surface area contributed by atoms with Crippen LogP contribution in [0.3, 0.4) is 0 Å². The van der Waals surface area contributed by atoms with E-state index in [9.17, 15) is 13.2 Å². The van der Waals surface area contributed by atoms with Gasteiger partial charge in [-0.25, -0.2) is 18.5 Å². The molecule has 1 aliphatic rings. The fraction of sp³-hybridized carbons (Fsp3) is 0.481. The molecule has 3 aromatic rings. The number of para-hydroxylation sites is 3. The number of primary sulfonamides is 1. The van der Waals surface area contributed by atoms with Crippen LogP contribution >= 0.6 is 0 Å². The van der Waals surface area contributed by atoms with Crippen LogP contribution in [0.2, 0.25) is 0 Å². The van der Waals surface area contributed by atoms with E-state index >= 15 is 0 Å². The van der Waals surface area contributed by atoms with E-state index < -0.39 is 16.1 Å². The molecule has 1 saturated heterocycles. The number of aryl methyl sites for hydroxylation is 1.